The van der Waals surface area contributed by atoms with E-state index < -0.39 is 17.5 Å². The number of primary amides is 1. The van der Waals surface area contributed by atoms with Crippen molar-refractivity contribution >= 4 is 11.8 Å². The topological polar surface area (TPSA) is 75.4 Å². The van der Waals surface area contributed by atoms with Crippen molar-refractivity contribution in [3.63, 3.8) is 0 Å². The van der Waals surface area contributed by atoms with Gasteiger partial charge in [0.1, 0.15) is 6.04 Å². The molecule has 0 aliphatic carbocycles. The molecule has 0 bridgehead atoms. The minimum absolute atomic E-state index is 0.162. The largest absolute Gasteiger partial charge is 0.368 e. The lowest BCUT2D eigenvalue weighted by molar-refractivity contribution is -0.140. The third-order valence-electron chi connectivity index (χ3n) is 2.62. The number of nitrogens with one attached hydrogen (secondary N) is 1. The minimum atomic E-state index is -0.564. The molecular formula is C8H15N3O2. The Morgan fingerprint density at radius 3 is 2.62 bits per heavy atom. The molecule has 1 heterocycles. The fraction of sp³-hybridized carbons (Fsp3) is 0.750. The van der Waals surface area contributed by atoms with Crippen molar-refractivity contribution in [2.75, 3.05) is 13.6 Å². The van der Waals surface area contributed by atoms with Crippen molar-refractivity contribution < 1.29 is 9.59 Å². The number of nitrogens with zero attached hydrogens (tertiary/aromatic N) is 1. The summed E-state index contributed by atoms with van der Waals surface area (Å²) in [4.78, 5) is 24.1. The standard InChI is InChI=1S/C8H15N3O2/c1-8(2)7(13)10-5(6(9)12)4-11(8)3/h5H,4H2,1-3H3,(H2,9,12)(H,10,13). The molecule has 0 spiro atoms. The average molecular weight is 185 g/mol. The fourth-order valence-corrected chi connectivity index (χ4v) is 1.22. The SMILES string of the molecule is CN1CC(C(N)=O)NC(=O)C1(C)C. The lowest BCUT2D eigenvalue weighted by Crippen LogP contribution is -2.66. The summed E-state index contributed by atoms with van der Waals surface area (Å²) in [7, 11) is 1.80. The quantitative estimate of drug-likeness (QED) is 0.532. The van der Waals surface area contributed by atoms with Crippen molar-refractivity contribution in [1.29, 1.82) is 0 Å². The summed E-state index contributed by atoms with van der Waals surface area (Å²) in [6.45, 7) is 4.08. The Balaban J connectivity index is 2.79. The Bertz CT molecular complexity index is 250. The number of nitrogens with two attached hydrogens (primary N) is 1. The first kappa shape index (κ1) is 9.98. The van der Waals surface area contributed by atoms with E-state index in [0.29, 0.717) is 6.54 Å². The number of piperazine rings is 1. The van der Waals surface area contributed by atoms with Gasteiger partial charge in [0.05, 0.1) is 5.54 Å². The second-order valence-corrected chi connectivity index (χ2v) is 3.87. The van der Waals surface area contributed by atoms with Crippen molar-refractivity contribution in [1.82, 2.24) is 10.2 Å². The van der Waals surface area contributed by atoms with Gasteiger partial charge in [0, 0.05) is 6.54 Å². The van der Waals surface area contributed by atoms with E-state index >= 15 is 0 Å². The van der Waals surface area contributed by atoms with Crippen LogP contribution in [0.3, 0.4) is 0 Å². The van der Waals surface area contributed by atoms with Crippen LogP contribution in [0.15, 0.2) is 0 Å². The molecule has 0 radical (unpaired) electrons. The van der Waals surface area contributed by atoms with E-state index in [1.807, 2.05) is 4.90 Å². The Morgan fingerprint density at radius 1 is 1.69 bits per heavy atom. The molecule has 0 aromatic carbocycles. The Morgan fingerprint density at radius 2 is 2.23 bits per heavy atom. The van der Waals surface area contributed by atoms with Crippen LogP contribution in [-0.4, -0.2) is 41.9 Å². The van der Waals surface area contributed by atoms with Gasteiger partial charge < -0.3 is 11.1 Å². The molecule has 1 fully saturated rings. The van der Waals surface area contributed by atoms with Crippen LogP contribution in [0.2, 0.25) is 0 Å². The van der Waals surface area contributed by atoms with Gasteiger partial charge in [-0.2, -0.15) is 0 Å². The molecule has 0 saturated carbocycles. The summed E-state index contributed by atoms with van der Waals surface area (Å²) >= 11 is 0. The zero-order valence-electron chi connectivity index (χ0n) is 8.13. The first-order valence-electron chi connectivity index (χ1n) is 4.17. The molecule has 1 aliphatic heterocycles. The van der Waals surface area contributed by atoms with E-state index in [9.17, 15) is 9.59 Å². The van der Waals surface area contributed by atoms with E-state index in [2.05, 4.69) is 5.32 Å². The zero-order valence-corrected chi connectivity index (χ0v) is 8.13. The highest BCUT2D eigenvalue weighted by Gasteiger charge is 2.40. The molecule has 0 aromatic heterocycles. The Labute approximate surface area is 77.3 Å². The first-order valence-corrected chi connectivity index (χ1v) is 4.17. The molecule has 1 atom stereocenters. The maximum atomic E-state index is 11.5. The molecule has 0 aromatic rings. The molecule has 1 saturated heterocycles. The predicted octanol–water partition coefficient (Wildman–Crippen LogP) is -1.32. The van der Waals surface area contributed by atoms with E-state index in [4.69, 9.17) is 5.73 Å². The number of carbonyl (C=O) groups is 2. The van der Waals surface area contributed by atoms with Crippen LogP contribution < -0.4 is 11.1 Å². The van der Waals surface area contributed by atoms with Crippen LogP contribution >= 0.6 is 0 Å². The monoisotopic (exact) mass is 185 g/mol. The lowest BCUT2D eigenvalue weighted by Gasteiger charge is -2.41. The number of hydrogen-bond acceptors (Lipinski definition) is 3. The van der Waals surface area contributed by atoms with Crippen molar-refractivity contribution in [3.8, 4) is 0 Å². The van der Waals surface area contributed by atoms with Gasteiger partial charge >= 0.3 is 0 Å². The van der Waals surface area contributed by atoms with E-state index in [0.717, 1.165) is 0 Å². The van der Waals surface area contributed by atoms with E-state index in [-0.39, 0.29) is 5.91 Å². The molecular weight excluding hydrogens is 170 g/mol. The molecule has 1 unspecified atom stereocenters. The van der Waals surface area contributed by atoms with Gasteiger partial charge in [0.15, 0.2) is 0 Å². The number of rotatable bonds is 1. The van der Waals surface area contributed by atoms with Crippen molar-refractivity contribution in [3.05, 3.63) is 0 Å². The maximum absolute atomic E-state index is 11.5. The van der Waals surface area contributed by atoms with Crippen molar-refractivity contribution in [2.45, 2.75) is 25.4 Å². The smallest absolute Gasteiger partial charge is 0.241 e. The van der Waals surface area contributed by atoms with Crippen LogP contribution in [-0.2, 0) is 9.59 Å². The van der Waals surface area contributed by atoms with Crippen LogP contribution in [0, 0.1) is 0 Å². The summed E-state index contributed by atoms with van der Waals surface area (Å²) in [5, 5.41) is 2.58. The highest BCUT2D eigenvalue weighted by Crippen LogP contribution is 2.16. The predicted molar refractivity (Wildman–Crippen MR) is 47.8 cm³/mol. The van der Waals surface area contributed by atoms with Gasteiger partial charge in [0.2, 0.25) is 11.8 Å². The zero-order chi connectivity index (χ0) is 10.2. The number of likely N-dealkylation sites (N-methyl/N-ethyl adjacent to an activating group) is 1. The molecule has 1 rings (SSSR count). The van der Waals surface area contributed by atoms with Crippen molar-refractivity contribution in [2.24, 2.45) is 5.73 Å². The first-order chi connectivity index (χ1) is 5.85. The van der Waals surface area contributed by atoms with Crippen LogP contribution in [0.1, 0.15) is 13.8 Å². The fourth-order valence-electron chi connectivity index (χ4n) is 1.22. The van der Waals surface area contributed by atoms with Gasteiger partial charge in [-0.25, -0.2) is 0 Å². The van der Waals surface area contributed by atoms with Gasteiger partial charge in [0.25, 0.3) is 0 Å². The number of amides is 2. The Kier molecular flexibility index (Phi) is 2.30. The molecule has 5 heteroatoms. The summed E-state index contributed by atoms with van der Waals surface area (Å²) in [6, 6.07) is -0.564. The highest BCUT2D eigenvalue weighted by atomic mass is 16.2. The van der Waals surface area contributed by atoms with Gasteiger partial charge in [-0.05, 0) is 20.9 Å². The average Bonchev–Trinajstić information content (AvgIpc) is 2.00. The molecule has 74 valence electrons. The minimum Gasteiger partial charge on any atom is -0.368 e. The summed E-state index contributed by atoms with van der Waals surface area (Å²) < 4.78 is 0. The summed E-state index contributed by atoms with van der Waals surface area (Å²) in [6.07, 6.45) is 0. The number of carbonyl (C=O) groups excluding carboxylic acids is 2. The molecule has 2 amide bonds. The Hall–Kier alpha value is -1.10. The van der Waals surface area contributed by atoms with Gasteiger partial charge in [-0.15, -0.1) is 0 Å². The highest BCUT2D eigenvalue weighted by molar-refractivity contribution is 5.92. The van der Waals surface area contributed by atoms with E-state index in [1.54, 1.807) is 20.9 Å². The third kappa shape index (κ3) is 1.65. The van der Waals surface area contributed by atoms with Crippen LogP contribution in [0.4, 0.5) is 0 Å². The molecule has 3 N–H and O–H groups in total. The summed E-state index contributed by atoms with van der Waals surface area (Å²) in [5.74, 6) is -0.652. The van der Waals surface area contributed by atoms with Gasteiger partial charge in [-0.1, -0.05) is 0 Å². The molecule has 13 heavy (non-hydrogen) atoms. The normalized spacial score (nSPS) is 28.2. The lowest BCUT2D eigenvalue weighted by atomic mass is 9.97. The van der Waals surface area contributed by atoms with Crippen LogP contribution in [0.5, 0.6) is 0 Å². The molecule has 5 nitrogen and oxygen atoms in total. The second-order valence-electron chi connectivity index (χ2n) is 3.87. The third-order valence-corrected chi connectivity index (χ3v) is 2.62. The molecule has 1 aliphatic rings. The van der Waals surface area contributed by atoms with Crippen LogP contribution in [0.25, 0.3) is 0 Å². The van der Waals surface area contributed by atoms with Gasteiger partial charge in [-0.3, -0.25) is 14.5 Å². The maximum Gasteiger partial charge on any atom is 0.241 e. The number of hydrogen-bond donors (Lipinski definition) is 2. The second kappa shape index (κ2) is 2.99. The summed E-state index contributed by atoms with van der Waals surface area (Å²) in [5.41, 5.74) is 4.54. The van der Waals surface area contributed by atoms with E-state index in [1.165, 1.54) is 0 Å².